The first-order chi connectivity index (χ1) is 5.40. The Hall–Kier alpha value is -0.0900. The van der Waals surface area contributed by atoms with Crippen LogP contribution in [0.3, 0.4) is 0 Å². The molecule has 0 aliphatic rings. The zero-order valence-electron chi connectivity index (χ0n) is 7.80. The van der Waals surface area contributed by atoms with Gasteiger partial charge in [0.05, 0.1) is 10.9 Å². The van der Waals surface area contributed by atoms with Crippen LogP contribution in [0.15, 0.2) is 0 Å². The lowest BCUT2D eigenvalue weighted by molar-refractivity contribution is -0.130. The van der Waals surface area contributed by atoms with Crippen molar-refractivity contribution in [3.63, 3.8) is 0 Å². The van der Waals surface area contributed by atoms with Gasteiger partial charge in [-0.25, -0.2) is 0 Å². The molecular formula is C8H16BrNO2. The molecule has 0 aromatic carbocycles. The van der Waals surface area contributed by atoms with E-state index >= 15 is 0 Å². The summed E-state index contributed by atoms with van der Waals surface area (Å²) < 4.78 is 0. The van der Waals surface area contributed by atoms with Crippen LogP contribution in [0.2, 0.25) is 0 Å². The summed E-state index contributed by atoms with van der Waals surface area (Å²) >= 11 is 3.09. The van der Waals surface area contributed by atoms with Crippen molar-refractivity contribution in [1.29, 1.82) is 0 Å². The molecule has 0 bridgehead atoms. The molecule has 0 fully saturated rings. The third-order valence-corrected chi connectivity index (χ3v) is 1.91. The third kappa shape index (κ3) is 4.72. The molecule has 0 saturated carbocycles. The number of hydrogen-bond acceptors (Lipinski definition) is 2. The minimum atomic E-state index is -0.812. The summed E-state index contributed by atoms with van der Waals surface area (Å²) in [6, 6.07) is 0. The molecule has 0 rings (SSSR count). The SMILES string of the molecule is CCN(CC(C)(C)O)C(=O)CBr. The van der Waals surface area contributed by atoms with Gasteiger partial charge in [0, 0.05) is 13.1 Å². The molecule has 0 aliphatic heterocycles. The molecule has 0 aliphatic carbocycles. The lowest BCUT2D eigenvalue weighted by atomic mass is 10.1. The van der Waals surface area contributed by atoms with Gasteiger partial charge in [0.25, 0.3) is 0 Å². The number of amides is 1. The van der Waals surface area contributed by atoms with Gasteiger partial charge in [0.1, 0.15) is 0 Å². The van der Waals surface area contributed by atoms with Crippen LogP contribution in [0, 0.1) is 0 Å². The zero-order valence-corrected chi connectivity index (χ0v) is 9.39. The van der Waals surface area contributed by atoms with Crippen LogP contribution in [0.25, 0.3) is 0 Å². The fourth-order valence-corrected chi connectivity index (χ4v) is 1.28. The number of carbonyl (C=O) groups excluding carboxylic acids is 1. The second-order valence-electron chi connectivity index (χ2n) is 3.35. The number of alkyl halides is 1. The first-order valence-electron chi connectivity index (χ1n) is 3.97. The van der Waals surface area contributed by atoms with Gasteiger partial charge in [-0.2, -0.15) is 0 Å². The highest BCUT2D eigenvalue weighted by molar-refractivity contribution is 9.09. The largest absolute Gasteiger partial charge is 0.389 e. The van der Waals surface area contributed by atoms with Crippen LogP contribution in [0.5, 0.6) is 0 Å². The van der Waals surface area contributed by atoms with E-state index in [4.69, 9.17) is 0 Å². The highest BCUT2D eigenvalue weighted by Crippen LogP contribution is 2.05. The first kappa shape index (κ1) is 11.9. The number of rotatable bonds is 4. The summed E-state index contributed by atoms with van der Waals surface area (Å²) in [7, 11) is 0. The summed E-state index contributed by atoms with van der Waals surface area (Å²) in [4.78, 5) is 12.8. The molecule has 0 heterocycles. The second-order valence-corrected chi connectivity index (χ2v) is 3.91. The minimum Gasteiger partial charge on any atom is -0.389 e. The van der Waals surface area contributed by atoms with Gasteiger partial charge in [-0.05, 0) is 20.8 Å². The van der Waals surface area contributed by atoms with Crippen LogP contribution in [-0.2, 0) is 4.79 Å². The maximum Gasteiger partial charge on any atom is 0.233 e. The van der Waals surface area contributed by atoms with Gasteiger partial charge >= 0.3 is 0 Å². The Kier molecular flexibility index (Phi) is 4.78. The highest BCUT2D eigenvalue weighted by Gasteiger charge is 2.19. The maximum absolute atomic E-state index is 11.2. The van der Waals surface area contributed by atoms with E-state index in [1.807, 2.05) is 6.92 Å². The molecule has 3 nitrogen and oxygen atoms in total. The highest BCUT2D eigenvalue weighted by atomic mass is 79.9. The van der Waals surface area contributed by atoms with Crippen molar-refractivity contribution in [2.24, 2.45) is 0 Å². The molecule has 0 aromatic heterocycles. The summed E-state index contributed by atoms with van der Waals surface area (Å²) in [5.74, 6) is 0.0135. The van der Waals surface area contributed by atoms with Crippen molar-refractivity contribution < 1.29 is 9.90 Å². The van der Waals surface area contributed by atoms with Crippen LogP contribution in [-0.4, -0.2) is 39.9 Å². The summed E-state index contributed by atoms with van der Waals surface area (Å²) in [5, 5.41) is 9.77. The topological polar surface area (TPSA) is 40.5 Å². The van der Waals surface area contributed by atoms with E-state index in [9.17, 15) is 9.90 Å². The summed E-state index contributed by atoms with van der Waals surface area (Å²) in [6.45, 7) is 6.29. The first-order valence-corrected chi connectivity index (χ1v) is 5.09. The average Bonchev–Trinajstić information content (AvgIpc) is 1.97. The van der Waals surface area contributed by atoms with Crippen LogP contribution < -0.4 is 0 Å². The number of carbonyl (C=O) groups is 1. The van der Waals surface area contributed by atoms with Crippen molar-refractivity contribution >= 4 is 21.8 Å². The molecular weight excluding hydrogens is 222 g/mol. The molecule has 0 unspecified atom stereocenters. The van der Waals surface area contributed by atoms with Gasteiger partial charge < -0.3 is 10.0 Å². The number of halogens is 1. The molecule has 0 radical (unpaired) electrons. The van der Waals surface area contributed by atoms with Crippen molar-refractivity contribution in [2.45, 2.75) is 26.4 Å². The molecule has 0 spiro atoms. The maximum atomic E-state index is 11.2. The predicted molar refractivity (Wildman–Crippen MR) is 52.3 cm³/mol. The predicted octanol–water partition coefficient (Wildman–Crippen LogP) is 1.00. The molecule has 12 heavy (non-hydrogen) atoms. The van der Waals surface area contributed by atoms with E-state index in [-0.39, 0.29) is 5.91 Å². The molecule has 0 aromatic rings. The van der Waals surface area contributed by atoms with Gasteiger partial charge in [-0.1, -0.05) is 15.9 Å². The molecule has 0 saturated heterocycles. The second kappa shape index (κ2) is 4.82. The van der Waals surface area contributed by atoms with Crippen LogP contribution in [0.1, 0.15) is 20.8 Å². The van der Waals surface area contributed by atoms with Crippen LogP contribution >= 0.6 is 15.9 Å². The van der Waals surface area contributed by atoms with Crippen LogP contribution in [0.4, 0.5) is 0 Å². The van der Waals surface area contributed by atoms with Crippen molar-refractivity contribution in [3.05, 3.63) is 0 Å². The van der Waals surface area contributed by atoms with Gasteiger partial charge in [-0.3, -0.25) is 4.79 Å². The lowest BCUT2D eigenvalue weighted by Crippen LogP contribution is -2.42. The Bertz CT molecular complexity index is 154. The van der Waals surface area contributed by atoms with Crippen molar-refractivity contribution in [1.82, 2.24) is 4.90 Å². The molecule has 1 N–H and O–H groups in total. The monoisotopic (exact) mass is 237 g/mol. The molecule has 72 valence electrons. The fourth-order valence-electron chi connectivity index (χ4n) is 0.928. The van der Waals surface area contributed by atoms with E-state index in [0.717, 1.165) is 0 Å². The summed E-state index contributed by atoms with van der Waals surface area (Å²) in [6.07, 6.45) is 0. The van der Waals surface area contributed by atoms with Crippen molar-refractivity contribution in [3.8, 4) is 0 Å². The van der Waals surface area contributed by atoms with Gasteiger partial charge in [0.15, 0.2) is 0 Å². The average molecular weight is 238 g/mol. The number of aliphatic hydroxyl groups is 1. The molecule has 4 heteroatoms. The summed E-state index contributed by atoms with van der Waals surface area (Å²) in [5.41, 5.74) is -0.812. The number of hydrogen-bond donors (Lipinski definition) is 1. The lowest BCUT2D eigenvalue weighted by Gasteiger charge is -2.27. The quantitative estimate of drug-likeness (QED) is 0.742. The zero-order chi connectivity index (χ0) is 9.78. The standard InChI is InChI=1S/C8H16BrNO2/c1-4-10(7(11)5-9)6-8(2,3)12/h12H,4-6H2,1-3H3. The Labute approximate surface area is 81.9 Å². The van der Waals surface area contributed by atoms with E-state index in [0.29, 0.717) is 18.4 Å². The normalized spacial score (nSPS) is 11.4. The smallest absolute Gasteiger partial charge is 0.233 e. The van der Waals surface area contributed by atoms with Gasteiger partial charge in [-0.15, -0.1) is 0 Å². The van der Waals surface area contributed by atoms with E-state index < -0.39 is 5.60 Å². The minimum absolute atomic E-state index is 0.0135. The fraction of sp³-hybridized carbons (Fsp3) is 0.875. The number of nitrogens with zero attached hydrogens (tertiary/aromatic N) is 1. The third-order valence-electron chi connectivity index (χ3n) is 1.43. The Morgan fingerprint density at radius 2 is 2.08 bits per heavy atom. The Morgan fingerprint density at radius 3 is 2.33 bits per heavy atom. The Morgan fingerprint density at radius 1 is 1.58 bits per heavy atom. The Balaban J connectivity index is 4.09. The van der Waals surface area contributed by atoms with Crippen molar-refractivity contribution in [2.75, 3.05) is 18.4 Å². The molecule has 1 amide bonds. The van der Waals surface area contributed by atoms with Gasteiger partial charge in [0.2, 0.25) is 5.91 Å². The van der Waals surface area contributed by atoms with E-state index in [1.165, 1.54) is 0 Å². The van der Waals surface area contributed by atoms with E-state index in [2.05, 4.69) is 15.9 Å². The number of likely N-dealkylation sites (N-methyl/N-ethyl adjacent to an activating group) is 1. The molecule has 0 atom stereocenters. The van der Waals surface area contributed by atoms with E-state index in [1.54, 1.807) is 18.7 Å².